The Morgan fingerprint density at radius 1 is 0.252 bits per heavy atom. The topological polar surface area (TPSA) is 16.3 Å². The van der Waals surface area contributed by atoms with E-state index in [-0.39, 0.29) is 33.8 Å². The van der Waals surface area contributed by atoms with E-state index in [1.54, 1.807) is 0 Å². The van der Waals surface area contributed by atoms with Crippen molar-refractivity contribution >= 4 is 101 Å². The van der Waals surface area contributed by atoms with E-state index in [0.717, 1.165) is 80.4 Å². The summed E-state index contributed by atoms with van der Waals surface area (Å²) in [5, 5.41) is 4.85. The Balaban J connectivity index is 0.848. The number of rotatable bonds is 10. The molecule has 17 aromatic rings. The van der Waals surface area contributed by atoms with Gasteiger partial charge >= 0.3 is 0 Å². The Bertz CT molecular complexity index is 6710. The summed E-state index contributed by atoms with van der Waals surface area (Å²) in [6.07, 6.45) is 4.67. The number of anilines is 6. The largest absolute Gasteiger partial charge is 0.311 e. The molecule has 0 unspecified atom stereocenters. The van der Waals surface area contributed by atoms with Crippen molar-refractivity contribution in [1.29, 1.82) is 0 Å². The molecule has 4 nitrogen and oxygen atoms in total. The van der Waals surface area contributed by atoms with E-state index in [0.29, 0.717) is 0 Å². The van der Waals surface area contributed by atoms with E-state index < -0.39 is 0 Å². The minimum Gasteiger partial charge on any atom is -0.311 e. The van der Waals surface area contributed by atoms with E-state index in [4.69, 9.17) is 0 Å². The quantitative estimate of drug-likeness (QED) is 0.127. The van der Waals surface area contributed by atoms with Crippen LogP contribution in [0.1, 0.15) is 130 Å². The van der Waals surface area contributed by atoms with Crippen molar-refractivity contribution in [2.45, 2.75) is 129 Å². The number of para-hydroxylation sites is 1. The highest BCUT2D eigenvalue weighted by Gasteiger charge is 2.46. The van der Waals surface area contributed by atoms with Gasteiger partial charge in [0.2, 0.25) is 0 Å². The highest BCUT2D eigenvalue weighted by molar-refractivity contribution is 7.00. The van der Waals surface area contributed by atoms with Crippen LogP contribution < -0.4 is 26.2 Å². The van der Waals surface area contributed by atoms with Crippen LogP contribution in [-0.4, -0.2) is 15.8 Å². The summed E-state index contributed by atoms with van der Waals surface area (Å²) in [5.74, 6) is 0. The number of aromatic nitrogens is 2. The smallest absolute Gasteiger partial charge is 0.252 e. The molecular formula is C110H95BN4. The van der Waals surface area contributed by atoms with E-state index in [2.05, 4.69) is 423 Å². The van der Waals surface area contributed by atoms with Gasteiger partial charge in [0.1, 0.15) is 0 Å². The second-order valence-electron chi connectivity index (χ2n) is 36.9. The fourth-order valence-corrected chi connectivity index (χ4v) is 20.5. The maximum absolute atomic E-state index is 2.65. The maximum Gasteiger partial charge on any atom is 0.252 e. The van der Waals surface area contributed by atoms with Crippen LogP contribution in [0.5, 0.6) is 0 Å². The van der Waals surface area contributed by atoms with Crippen LogP contribution in [0.4, 0.5) is 34.1 Å². The Morgan fingerprint density at radius 2 is 0.591 bits per heavy atom. The molecule has 0 saturated carbocycles. The summed E-state index contributed by atoms with van der Waals surface area (Å²) in [5.41, 5.74) is 39.3. The van der Waals surface area contributed by atoms with Crippen molar-refractivity contribution in [3.05, 3.63) is 355 Å². The Morgan fingerprint density at radius 3 is 1.07 bits per heavy atom. The first-order valence-electron chi connectivity index (χ1n) is 41.6. The molecule has 4 aliphatic rings. The molecule has 0 N–H and O–H groups in total. The molecule has 2 aromatic heterocycles. The third-order valence-electron chi connectivity index (χ3n) is 27.0. The highest BCUT2D eigenvalue weighted by Crippen LogP contribution is 2.53. The lowest BCUT2D eigenvalue weighted by atomic mass is 9.33. The van der Waals surface area contributed by atoms with E-state index in [1.165, 1.54) is 145 Å². The molecule has 2 aliphatic heterocycles. The van der Waals surface area contributed by atoms with Gasteiger partial charge in [0.25, 0.3) is 6.71 Å². The van der Waals surface area contributed by atoms with Crippen LogP contribution in [0, 0.1) is 0 Å². The second kappa shape index (κ2) is 26.1. The van der Waals surface area contributed by atoms with Gasteiger partial charge in [-0.2, -0.15) is 0 Å². The van der Waals surface area contributed by atoms with Crippen LogP contribution in [-0.2, 0) is 27.1 Å². The van der Waals surface area contributed by atoms with Crippen molar-refractivity contribution in [3.8, 4) is 78.1 Å². The molecule has 21 rings (SSSR count). The van der Waals surface area contributed by atoms with Crippen molar-refractivity contribution < 1.29 is 0 Å². The van der Waals surface area contributed by atoms with Gasteiger partial charge in [0, 0.05) is 61.4 Å². The van der Waals surface area contributed by atoms with E-state index in [1.807, 2.05) is 0 Å². The molecule has 4 heterocycles. The summed E-state index contributed by atoms with van der Waals surface area (Å²) < 4.78 is 5.10. The molecule has 0 saturated heterocycles. The van der Waals surface area contributed by atoms with Gasteiger partial charge in [-0.25, -0.2) is 0 Å². The summed E-state index contributed by atoms with van der Waals surface area (Å²) in [6, 6.07) is 126. The fourth-order valence-electron chi connectivity index (χ4n) is 20.5. The first-order valence-corrected chi connectivity index (χ1v) is 41.6. The maximum atomic E-state index is 2.65. The fraction of sp³-hybridized carbons (Fsp3) is 0.182. The van der Waals surface area contributed by atoms with Gasteiger partial charge in [0.05, 0.1) is 27.8 Å². The van der Waals surface area contributed by atoms with E-state index >= 15 is 0 Å². The summed E-state index contributed by atoms with van der Waals surface area (Å²) in [4.78, 5) is 5.29. The van der Waals surface area contributed by atoms with Crippen LogP contribution in [0.25, 0.3) is 122 Å². The zero-order valence-electron chi connectivity index (χ0n) is 67.9. The molecule has 2 aliphatic carbocycles. The Hall–Kier alpha value is -12.4. The number of hydrogen-bond donors (Lipinski definition) is 0. The van der Waals surface area contributed by atoms with Gasteiger partial charge < -0.3 is 18.9 Å². The third-order valence-corrected chi connectivity index (χ3v) is 27.0. The molecular weight excluding hydrogens is 1390 g/mol. The molecule has 0 spiro atoms. The van der Waals surface area contributed by atoms with Crippen LogP contribution in [0.2, 0.25) is 0 Å². The standard InChI is InChI=1S/C110H95BN4/c1-106(2,3)90-33-23-21-31-85(90)80-41-52-95-101(66-80)112(81-45-35-73(36-46-81)78-39-50-91-93(64-78)109(8,9)59-57-107(91,4)5)103-68-84(115-97-34-24-22-32-86(97)87-61-75(42-54-98(87)115)70-25-15-12-16-26-70)69-104-105(103)111(95)96-53-49-83(67-102(96)113(104)82-47-37-74(38-48-82)79-40-51-92-94(65-79)110(10,11)60-58-108(92,6)7)114-99-55-43-76(71-27-17-13-18-28-71)62-88(99)89-63-77(44-56-100(89)114)72-29-19-14-20-30-72/h12-56,61-69H,57-60H2,1-11H3. The predicted molar refractivity (Wildman–Crippen MR) is 491 cm³/mol. The zero-order valence-corrected chi connectivity index (χ0v) is 67.9. The van der Waals surface area contributed by atoms with Crippen molar-refractivity contribution in [3.63, 3.8) is 0 Å². The van der Waals surface area contributed by atoms with Gasteiger partial charge in [-0.3, -0.25) is 0 Å². The molecule has 0 bridgehead atoms. The lowest BCUT2D eigenvalue weighted by Gasteiger charge is -2.45. The molecule has 0 fully saturated rings. The van der Waals surface area contributed by atoms with Gasteiger partial charge in [-0.15, -0.1) is 0 Å². The first-order chi connectivity index (χ1) is 55.6. The van der Waals surface area contributed by atoms with Crippen LogP contribution in [0.15, 0.2) is 328 Å². The monoisotopic (exact) mass is 1480 g/mol. The normalized spacial score (nSPS) is 15.5. The Labute approximate surface area is 677 Å². The highest BCUT2D eigenvalue weighted by atomic mass is 15.2. The molecule has 15 aromatic carbocycles. The minimum atomic E-state index is -0.200. The number of hydrogen-bond acceptors (Lipinski definition) is 2. The average Bonchev–Trinajstić information content (AvgIpc) is 1.40. The van der Waals surface area contributed by atoms with Gasteiger partial charge in [-0.1, -0.05) is 307 Å². The molecule has 5 heteroatoms. The number of benzene rings is 15. The predicted octanol–water partition coefficient (Wildman–Crippen LogP) is 28.0. The number of nitrogens with zero attached hydrogens (tertiary/aromatic N) is 4. The van der Waals surface area contributed by atoms with E-state index in [9.17, 15) is 0 Å². The van der Waals surface area contributed by atoms with Crippen molar-refractivity contribution in [2.24, 2.45) is 0 Å². The molecule has 558 valence electrons. The van der Waals surface area contributed by atoms with Crippen LogP contribution >= 0.6 is 0 Å². The average molecular weight is 1480 g/mol. The SMILES string of the molecule is CC(C)(C)c1ccccc1-c1ccc2c(c1)N(c1ccc(-c3ccc4c(c3)C(C)(C)CCC4(C)C)cc1)c1cc(-n3c4ccccc4c4cc(-c5ccccc5)ccc43)cc3c1B2c1ccc(-n2c4ccc(-c5ccccc5)cc4c4cc(-c5ccccc5)ccc42)cc1N3c1ccc(-c2ccc3c(c2)C(C)(C)CCC3(C)C)cc1. The molecule has 0 atom stereocenters. The molecule has 115 heavy (non-hydrogen) atoms. The summed E-state index contributed by atoms with van der Waals surface area (Å²) in [6.45, 7) is 26.3. The van der Waals surface area contributed by atoms with Gasteiger partial charge in [-0.05, 0) is 261 Å². The Kier molecular flexibility index (Phi) is 16.0. The summed E-state index contributed by atoms with van der Waals surface area (Å²) in [7, 11) is 0. The lowest BCUT2D eigenvalue weighted by Crippen LogP contribution is -2.61. The van der Waals surface area contributed by atoms with Gasteiger partial charge in [0.15, 0.2) is 0 Å². The zero-order chi connectivity index (χ0) is 78.2. The molecule has 0 amide bonds. The van der Waals surface area contributed by atoms with Crippen LogP contribution in [0.3, 0.4) is 0 Å². The number of fused-ring (bicyclic) bond motifs is 12. The summed E-state index contributed by atoms with van der Waals surface area (Å²) >= 11 is 0. The van der Waals surface area contributed by atoms with Crippen molar-refractivity contribution in [1.82, 2.24) is 9.13 Å². The third kappa shape index (κ3) is 11.4. The second-order valence-corrected chi connectivity index (χ2v) is 36.9. The lowest BCUT2D eigenvalue weighted by molar-refractivity contribution is 0.332. The van der Waals surface area contributed by atoms with Crippen molar-refractivity contribution in [2.75, 3.05) is 9.80 Å². The molecule has 0 radical (unpaired) electrons. The minimum absolute atomic E-state index is 0.0610. The first kappa shape index (κ1) is 70.4.